The van der Waals surface area contributed by atoms with E-state index in [4.69, 9.17) is 4.74 Å². The number of esters is 1. The van der Waals surface area contributed by atoms with Crippen molar-refractivity contribution in [2.45, 2.75) is 12.8 Å². The summed E-state index contributed by atoms with van der Waals surface area (Å²) in [6.45, 7) is 0.464. The van der Waals surface area contributed by atoms with Gasteiger partial charge in [0.1, 0.15) is 6.61 Å². The lowest BCUT2D eigenvalue weighted by atomic mass is 10.3. The Morgan fingerprint density at radius 2 is 2.30 bits per heavy atom. The molecule has 0 aromatic heterocycles. The van der Waals surface area contributed by atoms with Crippen molar-refractivity contribution in [1.29, 1.82) is 0 Å². The Balaban J connectivity index is 3.09. The molecule has 4 heteroatoms. The molecule has 0 radical (unpaired) electrons. The average Bonchev–Trinajstić information content (AvgIpc) is 1.97. The Hall–Kier alpha value is 0.300. The minimum Gasteiger partial charge on any atom is -0.465 e. The number of rotatable bonds is 5. The number of thiol groups is 1. The molecule has 0 aromatic rings. The van der Waals surface area contributed by atoms with Gasteiger partial charge in [-0.25, -0.2) is 0 Å². The van der Waals surface area contributed by atoms with Crippen LogP contribution in [0.5, 0.6) is 0 Å². The molecule has 0 fully saturated rings. The van der Waals surface area contributed by atoms with Gasteiger partial charge in [-0.1, -0.05) is 15.9 Å². The molecule has 60 valence electrons. The SMILES string of the molecule is O=C(CCCS)OCCBr. The quantitative estimate of drug-likeness (QED) is 0.439. The zero-order chi connectivity index (χ0) is 7.82. The largest absolute Gasteiger partial charge is 0.465 e. The maximum absolute atomic E-state index is 10.7. The van der Waals surface area contributed by atoms with Crippen LogP contribution in [0.4, 0.5) is 0 Å². The number of hydrogen-bond acceptors (Lipinski definition) is 3. The van der Waals surface area contributed by atoms with Crippen LogP contribution in [0.2, 0.25) is 0 Å². The summed E-state index contributed by atoms with van der Waals surface area (Å²) in [5, 5.41) is 0.708. The monoisotopic (exact) mass is 226 g/mol. The number of ether oxygens (including phenoxy) is 1. The fraction of sp³-hybridized carbons (Fsp3) is 0.833. The van der Waals surface area contributed by atoms with Gasteiger partial charge >= 0.3 is 5.97 Å². The molecule has 0 rings (SSSR count). The lowest BCUT2D eigenvalue weighted by molar-refractivity contribution is -0.142. The van der Waals surface area contributed by atoms with E-state index in [0.717, 1.165) is 12.2 Å². The Bertz CT molecular complexity index is 87.7. The van der Waals surface area contributed by atoms with E-state index < -0.39 is 0 Å². The molecule has 0 aliphatic carbocycles. The summed E-state index contributed by atoms with van der Waals surface area (Å²) in [5.74, 6) is 0.608. The standard InChI is InChI=1S/C6H11BrO2S/c7-3-4-9-6(8)2-1-5-10/h10H,1-5H2. The summed E-state index contributed by atoms with van der Waals surface area (Å²) < 4.78 is 4.77. The van der Waals surface area contributed by atoms with Crippen molar-refractivity contribution in [1.82, 2.24) is 0 Å². The second kappa shape index (κ2) is 7.41. The van der Waals surface area contributed by atoms with Crippen LogP contribution in [0, 0.1) is 0 Å². The zero-order valence-electron chi connectivity index (χ0n) is 5.68. The first-order valence-electron chi connectivity index (χ1n) is 3.13. The summed E-state index contributed by atoms with van der Waals surface area (Å²) >= 11 is 7.12. The molecule has 0 saturated heterocycles. The van der Waals surface area contributed by atoms with Crippen LogP contribution >= 0.6 is 28.6 Å². The van der Waals surface area contributed by atoms with Crippen molar-refractivity contribution in [3.63, 3.8) is 0 Å². The van der Waals surface area contributed by atoms with E-state index in [9.17, 15) is 4.79 Å². The van der Waals surface area contributed by atoms with E-state index in [0.29, 0.717) is 18.4 Å². The second-order valence-electron chi connectivity index (χ2n) is 1.74. The molecule has 0 N–H and O–H groups in total. The van der Waals surface area contributed by atoms with Gasteiger partial charge in [-0.2, -0.15) is 12.6 Å². The van der Waals surface area contributed by atoms with Crippen LogP contribution in [0.15, 0.2) is 0 Å². The lowest BCUT2D eigenvalue weighted by Crippen LogP contribution is -2.06. The molecule has 0 amide bonds. The zero-order valence-corrected chi connectivity index (χ0v) is 8.16. The van der Waals surface area contributed by atoms with Crippen LogP contribution in [-0.4, -0.2) is 23.7 Å². The molecular weight excluding hydrogens is 216 g/mol. The smallest absolute Gasteiger partial charge is 0.305 e. The maximum atomic E-state index is 10.7. The van der Waals surface area contributed by atoms with Gasteiger partial charge < -0.3 is 4.74 Å². The van der Waals surface area contributed by atoms with Gasteiger partial charge in [-0.3, -0.25) is 4.79 Å². The van der Waals surface area contributed by atoms with E-state index >= 15 is 0 Å². The first-order valence-corrected chi connectivity index (χ1v) is 4.89. The molecule has 0 unspecified atom stereocenters. The molecule has 10 heavy (non-hydrogen) atoms. The summed E-state index contributed by atoms with van der Waals surface area (Å²) in [4.78, 5) is 10.7. The van der Waals surface area contributed by atoms with Crippen molar-refractivity contribution in [2.24, 2.45) is 0 Å². The predicted molar refractivity (Wildman–Crippen MR) is 47.8 cm³/mol. The van der Waals surface area contributed by atoms with E-state index in [1.807, 2.05) is 0 Å². The Morgan fingerprint density at radius 1 is 1.60 bits per heavy atom. The summed E-state index contributed by atoms with van der Waals surface area (Å²) in [7, 11) is 0. The van der Waals surface area contributed by atoms with E-state index in [1.165, 1.54) is 0 Å². The molecule has 0 saturated carbocycles. The highest BCUT2D eigenvalue weighted by molar-refractivity contribution is 9.09. The van der Waals surface area contributed by atoms with Crippen LogP contribution in [0.1, 0.15) is 12.8 Å². The Morgan fingerprint density at radius 3 is 2.80 bits per heavy atom. The van der Waals surface area contributed by atoms with Crippen LogP contribution in [0.3, 0.4) is 0 Å². The van der Waals surface area contributed by atoms with Gasteiger partial charge in [0.05, 0.1) is 0 Å². The third-order valence-corrected chi connectivity index (χ3v) is 1.52. The van der Waals surface area contributed by atoms with E-state index in [-0.39, 0.29) is 5.97 Å². The topological polar surface area (TPSA) is 26.3 Å². The molecule has 0 aliphatic rings. The molecular formula is C6H11BrO2S. The Labute approximate surface area is 74.9 Å². The number of halogens is 1. The Kier molecular flexibility index (Phi) is 7.63. The highest BCUT2D eigenvalue weighted by atomic mass is 79.9. The van der Waals surface area contributed by atoms with E-state index in [1.54, 1.807) is 0 Å². The first kappa shape index (κ1) is 10.3. The molecule has 0 heterocycles. The van der Waals surface area contributed by atoms with Crippen molar-refractivity contribution in [3.8, 4) is 0 Å². The summed E-state index contributed by atoms with van der Waals surface area (Å²) in [5.41, 5.74) is 0. The lowest BCUT2D eigenvalue weighted by Gasteiger charge is -1.99. The first-order chi connectivity index (χ1) is 4.81. The predicted octanol–water partition coefficient (Wildman–Crippen LogP) is 1.63. The van der Waals surface area contributed by atoms with Gasteiger partial charge in [0, 0.05) is 11.8 Å². The van der Waals surface area contributed by atoms with Crippen molar-refractivity contribution < 1.29 is 9.53 Å². The number of alkyl halides is 1. The summed E-state index contributed by atoms with van der Waals surface area (Å²) in [6.07, 6.45) is 1.28. The highest BCUT2D eigenvalue weighted by Gasteiger charge is 1.99. The van der Waals surface area contributed by atoms with Gasteiger partial charge in [0.2, 0.25) is 0 Å². The minimum absolute atomic E-state index is 0.131. The van der Waals surface area contributed by atoms with Gasteiger partial charge in [-0.15, -0.1) is 0 Å². The number of carbonyl (C=O) groups is 1. The minimum atomic E-state index is -0.131. The fourth-order valence-electron chi connectivity index (χ4n) is 0.448. The molecule has 0 aromatic carbocycles. The molecule has 0 spiro atoms. The third kappa shape index (κ3) is 6.42. The summed E-state index contributed by atoms with van der Waals surface area (Å²) in [6, 6.07) is 0. The van der Waals surface area contributed by atoms with Crippen molar-refractivity contribution >= 4 is 34.5 Å². The second-order valence-corrected chi connectivity index (χ2v) is 2.98. The van der Waals surface area contributed by atoms with E-state index in [2.05, 4.69) is 28.6 Å². The van der Waals surface area contributed by atoms with Crippen molar-refractivity contribution in [2.75, 3.05) is 17.7 Å². The number of carbonyl (C=O) groups excluding carboxylic acids is 1. The average molecular weight is 227 g/mol. The third-order valence-electron chi connectivity index (χ3n) is 0.879. The van der Waals surface area contributed by atoms with Gasteiger partial charge in [-0.05, 0) is 12.2 Å². The number of hydrogen-bond donors (Lipinski definition) is 1. The van der Waals surface area contributed by atoms with Crippen LogP contribution in [0.25, 0.3) is 0 Å². The van der Waals surface area contributed by atoms with Gasteiger partial charge in [0.25, 0.3) is 0 Å². The van der Waals surface area contributed by atoms with Crippen LogP contribution in [-0.2, 0) is 9.53 Å². The fourth-order valence-corrected chi connectivity index (χ4v) is 0.768. The molecule has 0 atom stereocenters. The van der Waals surface area contributed by atoms with Gasteiger partial charge in [0.15, 0.2) is 0 Å². The molecule has 0 bridgehead atoms. The molecule has 2 nitrogen and oxygen atoms in total. The van der Waals surface area contributed by atoms with Crippen molar-refractivity contribution in [3.05, 3.63) is 0 Å². The van der Waals surface area contributed by atoms with Crippen LogP contribution < -0.4 is 0 Å². The highest BCUT2D eigenvalue weighted by Crippen LogP contribution is 1.94. The maximum Gasteiger partial charge on any atom is 0.305 e. The molecule has 0 aliphatic heterocycles. The normalized spacial score (nSPS) is 9.40.